The molecule has 0 aliphatic heterocycles. The van der Waals surface area contributed by atoms with Crippen molar-refractivity contribution in [1.29, 1.82) is 0 Å². The van der Waals surface area contributed by atoms with Crippen LogP contribution in [0.25, 0.3) is 11.4 Å². The Morgan fingerprint density at radius 1 is 1.18 bits per heavy atom. The second-order valence-electron chi connectivity index (χ2n) is 3.59. The van der Waals surface area contributed by atoms with E-state index < -0.39 is 0 Å². The van der Waals surface area contributed by atoms with Gasteiger partial charge in [0.15, 0.2) is 5.82 Å². The van der Waals surface area contributed by atoms with E-state index in [0.29, 0.717) is 5.82 Å². The highest BCUT2D eigenvalue weighted by molar-refractivity contribution is 9.10. The molecule has 5 heteroatoms. The maximum atomic E-state index is 4.33. The number of nitrogens with one attached hydrogen (secondary N) is 1. The monoisotopic (exact) mass is 292 g/mol. The van der Waals surface area contributed by atoms with Crippen LogP contribution >= 0.6 is 15.9 Å². The zero-order valence-electron chi connectivity index (χ0n) is 9.52. The van der Waals surface area contributed by atoms with Crippen LogP contribution in [0, 0.1) is 0 Å². The Balaban J connectivity index is 2.17. The van der Waals surface area contributed by atoms with Crippen molar-refractivity contribution < 1.29 is 0 Å². The predicted octanol–water partition coefficient (Wildman–Crippen LogP) is 2.41. The highest BCUT2D eigenvalue weighted by Crippen LogP contribution is 2.17. The third-order valence-corrected chi connectivity index (χ3v) is 2.68. The van der Waals surface area contributed by atoms with Crippen molar-refractivity contribution in [3.05, 3.63) is 40.9 Å². The molecule has 4 nitrogen and oxygen atoms in total. The highest BCUT2D eigenvalue weighted by atomic mass is 79.9. The lowest BCUT2D eigenvalue weighted by Gasteiger charge is -2.03. The Kier molecular flexibility index (Phi) is 4.17. The Labute approximate surface area is 109 Å². The molecule has 2 aromatic heterocycles. The number of halogens is 1. The summed E-state index contributed by atoms with van der Waals surface area (Å²) in [4.78, 5) is 12.8. The molecule has 2 rings (SSSR count). The van der Waals surface area contributed by atoms with Crippen LogP contribution < -0.4 is 5.32 Å². The van der Waals surface area contributed by atoms with Crippen LogP contribution in [0.15, 0.2) is 35.3 Å². The normalized spacial score (nSPS) is 10.5. The molecule has 0 fully saturated rings. The molecular weight excluding hydrogens is 280 g/mol. The Morgan fingerprint density at radius 2 is 1.94 bits per heavy atom. The van der Waals surface area contributed by atoms with Gasteiger partial charge in [0.1, 0.15) is 0 Å². The molecule has 0 aliphatic carbocycles. The quantitative estimate of drug-likeness (QED) is 0.940. The molecule has 0 atom stereocenters. The first-order chi connectivity index (χ1) is 8.29. The molecule has 0 radical (unpaired) electrons. The molecule has 17 heavy (non-hydrogen) atoms. The van der Waals surface area contributed by atoms with Crippen LogP contribution in [0.5, 0.6) is 0 Å². The van der Waals surface area contributed by atoms with E-state index in [1.165, 1.54) is 0 Å². The molecule has 0 spiro atoms. The summed E-state index contributed by atoms with van der Waals surface area (Å²) in [5, 5.41) is 3.23. The molecule has 1 N–H and O–H groups in total. The van der Waals surface area contributed by atoms with E-state index in [0.717, 1.165) is 28.7 Å². The fourth-order valence-electron chi connectivity index (χ4n) is 1.40. The number of nitrogens with zero attached hydrogens (tertiary/aromatic N) is 3. The Morgan fingerprint density at radius 3 is 2.59 bits per heavy atom. The predicted molar refractivity (Wildman–Crippen MR) is 70.3 cm³/mol. The van der Waals surface area contributed by atoms with Crippen LogP contribution in [0.4, 0.5) is 0 Å². The van der Waals surface area contributed by atoms with Crippen LogP contribution in [0.1, 0.15) is 12.5 Å². The lowest BCUT2D eigenvalue weighted by Crippen LogP contribution is -2.12. The molecule has 0 bridgehead atoms. The van der Waals surface area contributed by atoms with Gasteiger partial charge >= 0.3 is 0 Å². The third-order valence-electron chi connectivity index (χ3n) is 2.25. The topological polar surface area (TPSA) is 50.7 Å². The summed E-state index contributed by atoms with van der Waals surface area (Å²) in [5.74, 6) is 0.694. The van der Waals surface area contributed by atoms with Crippen LogP contribution in [0.3, 0.4) is 0 Å². The molecule has 2 aromatic rings. The van der Waals surface area contributed by atoms with Gasteiger partial charge in [-0.15, -0.1) is 0 Å². The maximum absolute atomic E-state index is 4.33. The first-order valence-electron chi connectivity index (χ1n) is 5.42. The van der Waals surface area contributed by atoms with Gasteiger partial charge in [0, 0.05) is 46.9 Å². The minimum Gasteiger partial charge on any atom is -0.313 e. The van der Waals surface area contributed by atoms with Gasteiger partial charge in [-0.2, -0.15) is 0 Å². The second-order valence-corrected chi connectivity index (χ2v) is 4.50. The average molecular weight is 293 g/mol. The van der Waals surface area contributed by atoms with Crippen LogP contribution in [0.2, 0.25) is 0 Å². The van der Waals surface area contributed by atoms with E-state index in [4.69, 9.17) is 0 Å². The summed E-state index contributed by atoms with van der Waals surface area (Å²) in [6.45, 7) is 3.81. The van der Waals surface area contributed by atoms with Gasteiger partial charge in [-0.05, 0) is 28.5 Å². The van der Waals surface area contributed by atoms with Crippen molar-refractivity contribution in [3.63, 3.8) is 0 Å². The van der Waals surface area contributed by atoms with Crippen molar-refractivity contribution in [2.45, 2.75) is 13.5 Å². The summed E-state index contributed by atoms with van der Waals surface area (Å²) in [7, 11) is 0. The second kappa shape index (κ2) is 5.84. The van der Waals surface area contributed by atoms with Crippen LogP contribution in [-0.2, 0) is 6.54 Å². The lowest BCUT2D eigenvalue weighted by atomic mass is 10.2. The van der Waals surface area contributed by atoms with Crippen molar-refractivity contribution in [3.8, 4) is 11.4 Å². The number of aromatic nitrogens is 3. The molecule has 2 heterocycles. The maximum Gasteiger partial charge on any atom is 0.160 e. The van der Waals surface area contributed by atoms with Gasteiger partial charge in [-0.25, -0.2) is 9.97 Å². The highest BCUT2D eigenvalue weighted by Gasteiger charge is 2.02. The molecule has 0 aliphatic rings. The third kappa shape index (κ3) is 3.31. The summed E-state index contributed by atoms with van der Waals surface area (Å²) < 4.78 is 0.926. The Hall–Kier alpha value is -1.33. The van der Waals surface area contributed by atoms with Gasteiger partial charge in [0.25, 0.3) is 0 Å². The van der Waals surface area contributed by atoms with E-state index in [2.05, 4.69) is 43.1 Å². The largest absolute Gasteiger partial charge is 0.313 e. The van der Waals surface area contributed by atoms with Crippen molar-refractivity contribution in [2.75, 3.05) is 6.54 Å². The fraction of sp³-hybridized carbons (Fsp3) is 0.250. The van der Waals surface area contributed by atoms with Gasteiger partial charge in [0.05, 0.1) is 0 Å². The summed E-state index contributed by atoms with van der Waals surface area (Å²) >= 11 is 3.38. The van der Waals surface area contributed by atoms with E-state index in [9.17, 15) is 0 Å². The van der Waals surface area contributed by atoms with E-state index in [1.54, 1.807) is 12.4 Å². The van der Waals surface area contributed by atoms with Gasteiger partial charge in [-0.3, -0.25) is 4.98 Å². The van der Waals surface area contributed by atoms with E-state index in [-0.39, 0.29) is 0 Å². The summed E-state index contributed by atoms with van der Waals surface area (Å²) in [6.07, 6.45) is 7.17. The number of hydrogen-bond acceptors (Lipinski definition) is 4. The minimum atomic E-state index is 0.694. The SMILES string of the molecule is CCNCc1cnc(-c2cncc(Br)c2)nc1. The summed E-state index contributed by atoms with van der Waals surface area (Å²) in [5.41, 5.74) is 1.99. The number of hydrogen-bond donors (Lipinski definition) is 1. The molecule has 0 saturated heterocycles. The van der Waals surface area contributed by atoms with Crippen LogP contribution in [-0.4, -0.2) is 21.5 Å². The van der Waals surface area contributed by atoms with Crippen molar-refractivity contribution >= 4 is 15.9 Å². The molecule has 0 saturated carbocycles. The first kappa shape index (κ1) is 12.1. The molecular formula is C12H13BrN4. The first-order valence-corrected chi connectivity index (χ1v) is 6.21. The molecule has 0 aromatic carbocycles. The van der Waals surface area contributed by atoms with Crippen molar-refractivity contribution in [1.82, 2.24) is 20.3 Å². The zero-order chi connectivity index (χ0) is 12.1. The minimum absolute atomic E-state index is 0.694. The van der Waals surface area contributed by atoms with E-state index in [1.807, 2.05) is 18.5 Å². The van der Waals surface area contributed by atoms with E-state index >= 15 is 0 Å². The molecule has 0 amide bonds. The fourth-order valence-corrected chi connectivity index (χ4v) is 1.76. The number of pyridine rings is 1. The summed E-state index contributed by atoms with van der Waals surface area (Å²) in [6, 6.07) is 1.95. The molecule has 88 valence electrons. The van der Waals surface area contributed by atoms with Gasteiger partial charge < -0.3 is 5.32 Å². The standard InChI is InChI=1S/C12H13BrN4/c1-2-14-4-9-5-16-12(17-6-9)10-3-11(13)8-15-7-10/h3,5-8,14H,2,4H2,1H3. The smallest absolute Gasteiger partial charge is 0.160 e. The van der Waals surface area contributed by atoms with Gasteiger partial charge in [0.2, 0.25) is 0 Å². The lowest BCUT2D eigenvalue weighted by molar-refractivity contribution is 0.721. The molecule has 0 unspecified atom stereocenters. The van der Waals surface area contributed by atoms with Gasteiger partial charge in [-0.1, -0.05) is 6.92 Å². The van der Waals surface area contributed by atoms with Crippen molar-refractivity contribution in [2.24, 2.45) is 0 Å². The Bertz CT molecular complexity index is 484. The number of rotatable bonds is 4. The zero-order valence-corrected chi connectivity index (χ0v) is 11.1. The average Bonchev–Trinajstić information content (AvgIpc) is 2.37.